The number of fused-ring (bicyclic) bond motifs is 13. The molecule has 0 aliphatic rings. The molecule has 0 saturated carbocycles. The van der Waals surface area contributed by atoms with Gasteiger partial charge in [-0.1, -0.05) is 121 Å². The van der Waals surface area contributed by atoms with E-state index in [2.05, 4.69) is 15.0 Å². The Hall–Kier alpha value is -8.03. The second-order valence-corrected chi connectivity index (χ2v) is 12.6. The molecule has 7 heteroatoms. The lowest BCUT2D eigenvalue weighted by Crippen LogP contribution is -2.10. The summed E-state index contributed by atoms with van der Waals surface area (Å²) in [6.45, 7) is 0. The van der Waals surface area contributed by atoms with Crippen LogP contribution in [0.2, 0.25) is 0 Å². The van der Waals surface area contributed by atoms with Crippen LogP contribution in [-0.2, 0) is 0 Å². The lowest BCUT2D eigenvalue weighted by molar-refractivity contribution is 0.669. The van der Waals surface area contributed by atoms with Crippen LogP contribution in [0, 0.1) is 0 Å². The van der Waals surface area contributed by atoms with Gasteiger partial charge >= 0.3 is 0 Å². The molecule has 0 N–H and O–H groups in total. The molecule has 0 fully saturated rings. The first-order valence-corrected chi connectivity index (χ1v) is 17.0. The van der Waals surface area contributed by atoms with E-state index in [1.54, 1.807) is 0 Å². The number of aromatic nitrogens is 6. The van der Waals surface area contributed by atoms with Crippen molar-refractivity contribution in [2.24, 2.45) is 0 Å². The molecule has 13 rings (SSSR count). The van der Waals surface area contributed by atoms with Crippen molar-refractivity contribution in [1.29, 1.82) is 0 Å². The van der Waals surface area contributed by atoms with Crippen LogP contribution >= 0.6 is 0 Å². The molecule has 0 unspecified atom stereocenters. The Balaban J connectivity index is 1.30. The molecule has 0 aliphatic heterocycles. The third-order valence-corrected chi connectivity index (χ3v) is 9.61. The van der Waals surface area contributed by atoms with Gasteiger partial charge in [-0.15, -0.1) is 0 Å². The molecule has 7 nitrogen and oxygen atoms in total. The number of furan rings is 1. The van der Waals surface area contributed by atoms with E-state index in [1.807, 2.05) is 0 Å². The Morgan fingerprint density at radius 3 is 1.40 bits per heavy atom. The van der Waals surface area contributed by atoms with Gasteiger partial charge in [0, 0.05) is 49.0 Å². The molecule has 0 atom stereocenters. The van der Waals surface area contributed by atoms with Crippen LogP contribution in [0.4, 0.5) is 0 Å². The Bertz CT molecular complexity index is 5260. The monoisotopic (exact) mass is 772 g/mol. The van der Waals surface area contributed by atoms with Crippen LogP contribution in [0.15, 0.2) is 186 Å². The number of rotatable bonds is 4. The summed E-state index contributed by atoms with van der Waals surface area (Å²) < 4.78 is 280. The predicted molar refractivity (Wildman–Crippen MR) is 236 cm³/mol. The van der Waals surface area contributed by atoms with Crippen LogP contribution in [0.1, 0.15) is 41.1 Å². The topological polar surface area (TPSA) is 66.6 Å². The van der Waals surface area contributed by atoms with E-state index >= 15 is 0 Å². The van der Waals surface area contributed by atoms with Crippen molar-refractivity contribution < 1.29 is 45.5 Å². The first-order valence-electron chi connectivity index (χ1n) is 32.0. The average molecular weight is 773 g/mol. The summed E-state index contributed by atoms with van der Waals surface area (Å²) in [7, 11) is 0. The highest BCUT2D eigenvalue weighted by Crippen LogP contribution is 2.41. The standard InChI is InChI=1S/C51H30N6O/c1-8-23-41-33(16-1)34-17-2-9-24-42(34)56(41)50-52-49(53-51(54-50)57-43-25-10-3-18-35(43)36-19-4-11-26-44(36)57)31-14-13-15-32(30-31)55-40-22-7-5-20-37(40)38-28-29-46-47(48(38)55)39-21-6-12-27-45(39)58-46/h1-30H/i1D,2D,3D,4D,5D,6D,7D,8D,9D,10D,11D,12D,13D,14D,15D,16D,17D,18D,19D,20D,21D,22D,23D,24D,25D,26D,27D,28D,29D,30D. The zero-order valence-corrected chi connectivity index (χ0v) is 28.6. The second-order valence-electron chi connectivity index (χ2n) is 12.6. The minimum atomic E-state index is -1.13. The van der Waals surface area contributed by atoms with Gasteiger partial charge in [0.05, 0.1) is 79.6 Å². The number of para-hydroxylation sites is 6. The van der Waals surface area contributed by atoms with Gasteiger partial charge in [-0.3, -0.25) is 9.13 Å². The van der Waals surface area contributed by atoms with Crippen LogP contribution in [0.3, 0.4) is 0 Å². The fraction of sp³-hybridized carbons (Fsp3) is 0. The fourth-order valence-electron chi connectivity index (χ4n) is 7.30. The van der Waals surface area contributed by atoms with Crippen molar-refractivity contribution in [3.8, 4) is 29.0 Å². The maximum atomic E-state index is 10.3. The maximum absolute atomic E-state index is 10.3. The summed E-state index contributed by atoms with van der Waals surface area (Å²) in [5.41, 5.74) is -6.78. The third kappa shape index (κ3) is 4.30. The molecular formula is C51H30N6O. The summed E-state index contributed by atoms with van der Waals surface area (Å²) in [5.74, 6) is -2.92. The maximum Gasteiger partial charge on any atom is 0.240 e. The van der Waals surface area contributed by atoms with E-state index < -0.39 is 298 Å². The molecule has 270 valence electrons. The van der Waals surface area contributed by atoms with Crippen LogP contribution in [0.25, 0.3) is 116 Å². The zero-order chi connectivity index (χ0) is 64.0. The van der Waals surface area contributed by atoms with Gasteiger partial charge in [-0.05, 0) is 60.4 Å². The van der Waals surface area contributed by atoms with Gasteiger partial charge in [-0.2, -0.15) is 15.0 Å². The molecule has 8 aromatic carbocycles. The second kappa shape index (κ2) is 11.7. The van der Waals surface area contributed by atoms with E-state index in [-0.39, 0.29) is 0 Å². The largest absolute Gasteiger partial charge is 0.456 e. The summed E-state index contributed by atoms with van der Waals surface area (Å²) in [4.78, 5) is 13.8. The number of benzene rings is 8. The van der Waals surface area contributed by atoms with E-state index in [0.717, 1.165) is 13.7 Å². The molecular weight excluding hydrogens is 713 g/mol. The Labute approximate surface area is 372 Å². The molecule has 0 radical (unpaired) electrons. The lowest BCUT2D eigenvalue weighted by Gasteiger charge is -2.14. The van der Waals surface area contributed by atoms with Gasteiger partial charge in [0.1, 0.15) is 11.2 Å². The predicted octanol–water partition coefficient (Wildman–Crippen LogP) is 12.7. The summed E-state index contributed by atoms with van der Waals surface area (Å²) >= 11 is 0. The lowest BCUT2D eigenvalue weighted by atomic mass is 10.1. The van der Waals surface area contributed by atoms with E-state index in [9.17, 15) is 16.4 Å². The molecule has 0 bridgehead atoms. The van der Waals surface area contributed by atoms with Crippen molar-refractivity contribution in [3.05, 3.63) is 181 Å². The summed E-state index contributed by atoms with van der Waals surface area (Å²) in [6, 6.07) is -27.0. The summed E-state index contributed by atoms with van der Waals surface area (Å²) in [6.07, 6.45) is 0. The molecule has 0 spiro atoms. The molecule has 13 aromatic rings. The van der Waals surface area contributed by atoms with Crippen molar-refractivity contribution in [2.45, 2.75) is 0 Å². The van der Waals surface area contributed by atoms with E-state index in [0.29, 0.717) is 0 Å². The molecule has 58 heavy (non-hydrogen) atoms. The molecule has 5 aromatic heterocycles. The first kappa shape index (κ1) is 14.2. The van der Waals surface area contributed by atoms with Gasteiger partial charge < -0.3 is 8.98 Å². The fourth-order valence-corrected chi connectivity index (χ4v) is 7.30. The quantitative estimate of drug-likeness (QED) is 0.179. The van der Waals surface area contributed by atoms with Crippen LogP contribution in [0.5, 0.6) is 0 Å². The zero-order valence-electron chi connectivity index (χ0n) is 58.6. The van der Waals surface area contributed by atoms with Gasteiger partial charge in [0.15, 0.2) is 5.82 Å². The van der Waals surface area contributed by atoms with Gasteiger partial charge in [-0.25, -0.2) is 0 Å². The highest BCUT2D eigenvalue weighted by molar-refractivity contribution is 6.24. The van der Waals surface area contributed by atoms with Crippen molar-refractivity contribution in [3.63, 3.8) is 0 Å². The van der Waals surface area contributed by atoms with E-state index in [1.165, 1.54) is 0 Å². The van der Waals surface area contributed by atoms with Crippen molar-refractivity contribution in [1.82, 2.24) is 28.7 Å². The number of nitrogens with zero attached hydrogens (tertiary/aromatic N) is 6. The number of hydrogen-bond acceptors (Lipinski definition) is 4. The minimum absolute atomic E-state index is 0.446. The molecule has 5 heterocycles. The average Bonchev–Trinajstić information content (AvgIpc) is 1.55. The van der Waals surface area contributed by atoms with E-state index in [4.69, 9.17) is 29.1 Å². The smallest absolute Gasteiger partial charge is 0.240 e. The molecule has 0 amide bonds. The molecule has 0 aliphatic carbocycles. The third-order valence-electron chi connectivity index (χ3n) is 9.61. The first-order chi connectivity index (χ1) is 41.3. The van der Waals surface area contributed by atoms with Crippen LogP contribution < -0.4 is 0 Å². The molecule has 0 saturated heterocycles. The van der Waals surface area contributed by atoms with Crippen LogP contribution in [-0.4, -0.2) is 28.7 Å². The Morgan fingerprint density at radius 2 is 0.845 bits per heavy atom. The highest BCUT2D eigenvalue weighted by atomic mass is 16.3. The van der Waals surface area contributed by atoms with Crippen molar-refractivity contribution >= 4 is 87.4 Å². The van der Waals surface area contributed by atoms with Crippen molar-refractivity contribution in [2.75, 3.05) is 0 Å². The van der Waals surface area contributed by atoms with Gasteiger partial charge in [0.25, 0.3) is 0 Å². The van der Waals surface area contributed by atoms with Gasteiger partial charge in [0.2, 0.25) is 11.9 Å². The minimum Gasteiger partial charge on any atom is -0.456 e. The normalized spacial score (nSPS) is 19.4. The highest BCUT2D eigenvalue weighted by Gasteiger charge is 2.22. The Kier molecular flexibility index (Phi) is 2.87. The SMILES string of the molecule is [2H]c1c([2H])c(-c2nc(-n3c4c([2H])c([2H])c([2H])c([2H])c4c4c([2H])c([2H])c([2H])c([2H])c43)nc(-n3c4c([2H])c([2H])c([2H])c([2H])c4c4c([2H])c([2H])c([2H])c([2H])c43)n2)c([2H])c(-n2c3c([2H])c([2H])c([2H])c([2H])c3c3c([2H])c([2H])c4oc5c([2H])c([2H])c([2H])c([2H])c5c4c32)c1[2H]. The summed E-state index contributed by atoms with van der Waals surface area (Å²) in [5, 5.41) is -4.08. The Morgan fingerprint density at radius 1 is 0.379 bits per heavy atom. The number of hydrogen-bond donors (Lipinski definition) is 0.